The molecule has 0 aliphatic carbocycles. The maximum absolute atomic E-state index is 12.5. The van der Waals surface area contributed by atoms with E-state index in [4.69, 9.17) is 10.5 Å². The van der Waals surface area contributed by atoms with Crippen molar-refractivity contribution in [2.24, 2.45) is 5.73 Å². The molecule has 2 unspecified atom stereocenters. The van der Waals surface area contributed by atoms with Gasteiger partial charge in [0.1, 0.15) is 11.6 Å². The summed E-state index contributed by atoms with van der Waals surface area (Å²) in [4.78, 5) is 11.9. The lowest BCUT2D eigenvalue weighted by Crippen LogP contribution is -2.49. The van der Waals surface area contributed by atoms with Gasteiger partial charge in [-0.3, -0.25) is 4.79 Å². The number of nitrogens with two attached hydrogens (primary N) is 1. The summed E-state index contributed by atoms with van der Waals surface area (Å²) >= 11 is 0. The minimum atomic E-state index is -3.79. The van der Waals surface area contributed by atoms with Crippen LogP contribution < -0.4 is 5.73 Å². The Morgan fingerprint density at radius 2 is 1.96 bits per heavy atom. The molecule has 2 aromatic rings. The minimum Gasteiger partial charge on any atom is -0.465 e. The summed E-state index contributed by atoms with van der Waals surface area (Å²) in [6.45, 7) is 3.09. The molecule has 7 nitrogen and oxygen atoms in total. The molecule has 0 aliphatic rings. The van der Waals surface area contributed by atoms with E-state index >= 15 is 0 Å². The number of aromatic nitrogens is 1. The second kappa shape index (κ2) is 6.76. The monoisotopic (exact) mass is 352 g/mol. The van der Waals surface area contributed by atoms with Crippen LogP contribution in [0.2, 0.25) is 0 Å². The fourth-order valence-electron chi connectivity index (χ4n) is 2.18. The number of aliphatic hydroxyl groups is 1. The third-order valence-electron chi connectivity index (χ3n) is 3.72. The average Bonchev–Trinajstić information content (AvgIpc) is 3.06. The highest BCUT2D eigenvalue weighted by molar-refractivity contribution is 7.90. The second-order valence-corrected chi connectivity index (χ2v) is 7.27. The van der Waals surface area contributed by atoms with E-state index in [-0.39, 0.29) is 17.1 Å². The highest BCUT2D eigenvalue weighted by atomic mass is 32.2. The number of hydrogen-bond acceptors (Lipinski definition) is 6. The molecule has 130 valence electrons. The van der Waals surface area contributed by atoms with Crippen LogP contribution in [-0.2, 0) is 25.2 Å². The van der Waals surface area contributed by atoms with Crippen LogP contribution in [0.4, 0.5) is 0 Å². The van der Waals surface area contributed by atoms with E-state index in [0.717, 1.165) is 3.97 Å². The molecular formula is C16H20N2O5S. The predicted octanol–water partition coefficient (Wildman–Crippen LogP) is 0.823. The first-order valence-corrected chi connectivity index (χ1v) is 8.79. The van der Waals surface area contributed by atoms with Crippen LogP contribution >= 0.6 is 0 Å². The van der Waals surface area contributed by atoms with Gasteiger partial charge in [0.25, 0.3) is 10.0 Å². The molecule has 0 spiro atoms. The molecule has 1 aromatic carbocycles. The van der Waals surface area contributed by atoms with Crippen molar-refractivity contribution in [2.75, 3.05) is 6.61 Å². The molecular weight excluding hydrogens is 332 g/mol. The first-order valence-electron chi connectivity index (χ1n) is 7.35. The molecule has 0 saturated heterocycles. The lowest BCUT2D eigenvalue weighted by atomic mass is 9.91. The molecule has 1 aromatic heterocycles. The number of nitrogens with zero attached hydrogens (tertiary/aromatic N) is 1. The third kappa shape index (κ3) is 3.35. The largest absolute Gasteiger partial charge is 0.465 e. The fraction of sp³-hybridized carbons (Fsp3) is 0.312. The Balaban J connectivity index is 2.35. The van der Waals surface area contributed by atoms with Crippen LogP contribution in [0.15, 0.2) is 53.7 Å². The molecule has 0 amide bonds. The maximum atomic E-state index is 12.5. The van der Waals surface area contributed by atoms with Crippen molar-refractivity contribution in [2.45, 2.75) is 30.4 Å². The van der Waals surface area contributed by atoms with Crippen molar-refractivity contribution in [3.8, 4) is 0 Å². The fourth-order valence-corrected chi connectivity index (χ4v) is 3.40. The van der Waals surface area contributed by atoms with Crippen molar-refractivity contribution < 1.29 is 23.1 Å². The van der Waals surface area contributed by atoms with Gasteiger partial charge in [-0.2, -0.15) is 0 Å². The van der Waals surface area contributed by atoms with E-state index in [0.29, 0.717) is 0 Å². The van der Waals surface area contributed by atoms with Crippen molar-refractivity contribution in [1.82, 2.24) is 3.97 Å². The summed E-state index contributed by atoms with van der Waals surface area (Å²) in [5.74, 6) is -0.763. The number of benzene rings is 1. The molecule has 2 rings (SSSR count). The predicted molar refractivity (Wildman–Crippen MR) is 87.6 cm³/mol. The van der Waals surface area contributed by atoms with Gasteiger partial charge in [-0.1, -0.05) is 18.2 Å². The van der Waals surface area contributed by atoms with Gasteiger partial charge in [0, 0.05) is 18.0 Å². The van der Waals surface area contributed by atoms with Gasteiger partial charge in [0.15, 0.2) is 0 Å². The summed E-state index contributed by atoms with van der Waals surface area (Å²) in [6, 6.07) is 7.94. The van der Waals surface area contributed by atoms with E-state index in [2.05, 4.69) is 0 Å². The molecule has 2 atom stereocenters. The number of ether oxygens (including phenoxy) is 1. The Labute approximate surface area is 140 Å². The Hall–Kier alpha value is -2.16. The number of carbonyl (C=O) groups is 1. The van der Waals surface area contributed by atoms with Crippen LogP contribution in [0, 0.1) is 0 Å². The minimum absolute atomic E-state index is 0.112. The zero-order chi connectivity index (χ0) is 18.0. The van der Waals surface area contributed by atoms with Gasteiger partial charge in [-0.25, -0.2) is 12.4 Å². The number of rotatable bonds is 6. The molecule has 3 N–H and O–H groups in total. The van der Waals surface area contributed by atoms with Gasteiger partial charge in [0.2, 0.25) is 0 Å². The summed E-state index contributed by atoms with van der Waals surface area (Å²) in [5.41, 5.74) is 4.18. The summed E-state index contributed by atoms with van der Waals surface area (Å²) in [6.07, 6.45) is 2.53. The zero-order valence-corrected chi connectivity index (χ0v) is 14.2. The Morgan fingerprint density at radius 1 is 1.33 bits per heavy atom. The van der Waals surface area contributed by atoms with Crippen LogP contribution in [0.5, 0.6) is 0 Å². The first-order chi connectivity index (χ1) is 11.2. The van der Waals surface area contributed by atoms with Crippen molar-refractivity contribution in [3.05, 3.63) is 54.4 Å². The Kier molecular flexibility index (Phi) is 5.12. The molecule has 0 fully saturated rings. The van der Waals surface area contributed by atoms with E-state index < -0.39 is 27.6 Å². The van der Waals surface area contributed by atoms with Crippen LogP contribution in [0.1, 0.15) is 19.4 Å². The van der Waals surface area contributed by atoms with Gasteiger partial charge >= 0.3 is 5.97 Å². The zero-order valence-electron chi connectivity index (χ0n) is 13.4. The van der Waals surface area contributed by atoms with Crippen molar-refractivity contribution >= 4 is 16.0 Å². The Morgan fingerprint density at radius 3 is 2.54 bits per heavy atom. The number of carbonyl (C=O) groups excluding carboxylic acids is 1. The number of hydrogen-bond donors (Lipinski definition) is 2. The molecule has 24 heavy (non-hydrogen) atoms. The van der Waals surface area contributed by atoms with Crippen LogP contribution in [0.3, 0.4) is 0 Å². The third-order valence-corrected chi connectivity index (χ3v) is 5.37. The topological polar surface area (TPSA) is 112 Å². The average molecular weight is 352 g/mol. The maximum Gasteiger partial charge on any atom is 0.326 e. The van der Waals surface area contributed by atoms with E-state index in [1.54, 1.807) is 25.1 Å². The highest BCUT2D eigenvalue weighted by Crippen LogP contribution is 2.26. The van der Waals surface area contributed by atoms with Crippen LogP contribution in [0.25, 0.3) is 0 Å². The smallest absolute Gasteiger partial charge is 0.326 e. The number of esters is 1. The summed E-state index contributed by atoms with van der Waals surface area (Å²) in [7, 11) is -3.79. The first kappa shape index (κ1) is 18.2. The quantitative estimate of drug-likeness (QED) is 0.745. The molecule has 0 radical (unpaired) electrons. The molecule has 0 aliphatic heterocycles. The molecule has 1 heterocycles. The second-order valence-electron chi connectivity index (χ2n) is 5.43. The molecule has 8 heteroatoms. The lowest BCUT2D eigenvalue weighted by molar-refractivity contribution is -0.151. The lowest BCUT2D eigenvalue weighted by Gasteiger charge is -2.27. The SMILES string of the molecule is CCOC(=O)C(N)C(C)(O)c1ccn(S(=O)(=O)c2ccccc2)c1. The Bertz CT molecular complexity index is 812. The molecule has 0 bridgehead atoms. The van der Waals surface area contributed by atoms with Crippen molar-refractivity contribution in [1.29, 1.82) is 0 Å². The van der Waals surface area contributed by atoms with Crippen LogP contribution in [-0.4, -0.2) is 36.1 Å². The van der Waals surface area contributed by atoms with E-state index in [1.165, 1.54) is 37.5 Å². The van der Waals surface area contributed by atoms with E-state index in [1.807, 2.05) is 0 Å². The summed E-state index contributed by atoms with van der Waals surface area (Å²) in [5, 5.41) is 10.6. The van der Waals surface area contributed by atoms with Gasteiger partial charge in [0.05, 0.1) is 11.5 Å². The molecule has 0 saturated carbocycles. The van der Waals surface area contributed by atoms with Gasteiger partial charge < -0.3 is 15.6 Å². The van der Waals surface area contributed by atoms with E-state index in [9.17, 15) is 18.3 Å². The van der Waals surface area contributed by atoms with Crippen molar-refractivity contribution in [3.63, 3.8) is 0 Å². The summed E-state index contributed by atoms with van der Waals surface area (Å²) < 4.78 is 30.9. The van der Waals surface area contributed by atoms with Gasteiger partial charge in [-0.05, 0) is 32.0 Å². The van der Waals surface area contributed by atoms with Gasteiger partial charge in [-0.15, -0.1) is 0 Å². The standard InChI is InChI=1S/C16H20N2O5S/c1-3-23-15(19)14(17)16(2,20)12-9-10-18(11-12)24(21,22)13-7-5-4-6-8-13/h4-11,14,20H,3,17H2,1-2H3. The highest BCUT2D eigenvalue weighted by Gasteiger charge is 2.38. The normalized spacial score (nSPS) is 15.5.